The summed E-state index contributed by atoms with van der Waals surface area (Å²) < 4.78 is 13.3. The maximum Gasteiger partial charge on any atom is 0.294 e. The number of halogens is 2. The van der Waals surface area contributed by atoms with Crippen molar-refractivity contribution in [1.29, 1.82) is 0 Å². The molecule has 0 spiro atoms. The van der Waals surface area contributed by atoms with Gasteiger partial charge in [0.15, 0.2) is 6.54 Å². The number of likely N-dealkylation sites (N-methyl/N-ethyl adjacent to an activating group) is 1. The SMILES string of the molecule is C[NH+](CC(=O)N1CCN(c2ccc(Cl)cc2[N+](=O)[O-])CC1)Cc1cccc(F)c1. The molecule has 7 nitrogen and oxygen atoms in total. The second kappa shape index (κ2) is 9.19. The highest BCUT2D eigenvalue weighted by Gasteiger charge is 2.27. The van der Waals surface area contributed by atoms with Crippen molar-refractivity contribution in [2.75, 3.05) is 44.7 Å². The third kappa shape index (κ3) is 5.42. The highest BCUT2D eigenvalue weighted by molar-refractivity contribution is 6.30. The van der Waals surface area contributed by atoms with Crippen LogP contribution in [-0.2, 0) is 11.3 Å². The third-order valence-corrected chi connectivity index (χ3v) is 5.19. The number of rotatable bonds is 6. The molecule has 1 heterocycles. The fourth-order valence-electron chi connectivity index (χ4n) is 3.53. The van der Waals surface area contributed by atoms with Gasteiger partial charge in [-0.25, -0.2) is 4.39 Å². The normalized spacial score (nSPS) is 15.3. The monoisotopic (exact) mass is 421 g/mol. The summed E-state index contributed by atoms with van der Waals surface area (Å²) in [4.78, 5) is 28.1. The highest BCUT2D eigenvalue weighted by atomic mass is 35.5. The van der Waals surface area contributed by atoms with E-state index in [0.717, 1.165) is 10.5 Å². The second-order valence-corrected chi connectivity index (χ2v) is 7.63. The average molecular weight is 422 g/mol. The number of hydrogen-bond donors (Lipinski definition) is 1. The van der Waals surface area contributed by atoms with Gasteiger partial charge in [-0.3, -0.25) is 14.9 Å². The van der Waals surface area contributed by atoms with Gasteiger partial charge in [0.1, 0.15) is 18.0 Å². The minimum absolute atomic E-state index is 0.0177. The molecule has 154 valence electrons. The van der Waals surface area contributed by atoms with Gasteiger partial charge in [-0.05, 0) is 24.3 Å². The summed E-state index contributed by atoms with van der Waals surface area (Å²) in [5.74, 6) is -0.266. The number of nitro groups is 1. The lowest BCUT2D eigenvalue weighted by Crippen LogP contribution is -3.09. The predicted molar refractivity (Wildman–Crippen MR) is 109 cm³/mol. The molecular weight excluding hydrogens is 399 g/mol. The first-order valence-electron chi connectivity index (χ1n) is 9.36. The van der Waals surface area contributed by atoms with Gasteiger partial charge in [-0.2, -0.15) is 0 Å². The first-order valence-corrected chi connectivity index (χ1v) is 9.73. The summed E-state index contributed by atoms with van der Waals surface area (Å²) in [6.07, 6.45) is 0. The first-order chi connectivity index (χ1) is 13.8. The van der Waals surface area contributed by atoms with Crippen LogP contribution in [0.15, 0.2) is 42.5 Å². The molecule has 3 rings (SSSR count). The number of anilines is 1. The van der Waals surface area contributed by atoms with Crippen molar-refractivity contribution in [2.24, 2.45) is 0 Å². The van der Waals surface area contributed by atoms with Crippen molar-refractivity contribution < 1.29 is 19.0 Å². The molecule has 1 aliphatic rings. The maximum atomic E-state index is 13.3. The number of amides is 1. The molecule has 1 N–H and O–H groups in total. The summed E-state index contributed by atoms with van der Waals surface area (Å²) in [6, 6.07) is 11.0. The summed E-state index contributed by atoms with van der Waals surface area (Å²) in [5.41, 5.74) is 1.33. The summed E-state index contributed by atoms with van der Waals surface area (Å²) in [5, 5.41) is 11.6. The van der Waals surface area contributed by atoms with Crippen molar-refractivity contribution in [1.82, 2.24) is 4.90 Å². The standard InChI is InChI=1S/C20H22ClFN4O3/c1-23(13-15-3-2-4-17(22)11-15)14-20(27)25-9-7-24(8-10-25)18-6-5-16(21)12-19(18)26(28)29/h2-6,11-12H,7-10,13-14H2,1H3/p+1. The highest BCUT2D eigenvalue weighted by Crippen LogP contribution is 2.31. The van der Waals surface area contributed by atoms with E-state index in [2.05, 4.69) is 0 Å². The molecule has 0 aliphatic carbocycles. The van der Waals surface area contributed by atoms with Crippen LogP contribution < -0.4 is 9.80 Å². The smallest absolute Gasteiger partial charge is 0.294 e. The molecule has 1 unspecified atom stereocenters. The molecule has 0 saturated carbocycles. The van der Waals surface area contributed by atoms with Crippen molar-refractivity contribution in [3.63, 3.8) is 0 Å². The Morgan fingerprint density at radius 2 is 1.93 bits per heavy atom. The van der Waals surface area contributed by atoms with Gasteiger partial charge in [0, 0.05) is 42.8 Å². The minimum Gasteiger partial charge on any atom is -0.362 e. The van der Waals surface area contributed by atoms with E-state index in [1.807, 2.05) is 18.0 Å². The summed E-state index contributed by atoms with van der Waals surface area (Å²) >= 11 is 5.88. The van der Waals surface area contributed by atoms with Gasteiger partial charge in [0.05, 0.1) is 12.0 Å². The Kier molecular flexibility index (Phi) is 6.66. The molecule has 0 radical (unpaired) electrons. The molecule has 2 aromatic carbocycles. The van der Waals surface area contributed by atoms with Crippen LogP contribution in [0.5, 0.6) is 0 Å². The molecule has 2 aromatic rings. The van der Waals surface area contributed by atoms with E-state index in [-0.39, 0.29) is 17.4 Å². The van der Waals surface area contributed by atoms with Gasteiger partial charge in [-0.1, -0.05) is 23.7 Å². The Morgan fingerprint density at radius 3 is 2.59 bits per heavy atom. The van der Waals surface area contributed by atoms with Crippen molar-refractivity contribution >= 4 is 28.9 Å². The van der Waals surface area contributed by atoms with Crippen LogP contribution in [0.25, 0.3) is 0 Å². The lowest BCUT2D eigenvalue weighted by atomic mass is 10.2. The number of benzene rings is 2. The predicted octanol–water partition coefficient (Wildman–Crippen LogP) is 1.75. The molecule has 1 atom stereocenters. The van der Waals surface area contributed by atoms with Gasteiger partial charge in [-0.15, -0.1) is 0 Å². The molecule has 1 saturated heterocycles. The van der Waals surface area contributed by atoms with E-state index in [0.29, 0.717) is 50.0 Å². The number of piperazine rings is 1. The fourth-order valence-corrected chi connectivity index (χ4v) is 3.70. The van der Waals surface area contributed by atoms with Crippen LogP contribution in [0, 0.1) is 15.9 Å². The average Bonchev–Trinajstić information content (AvgIpc) is 2.68. The number of nitro benzene ring substituents is 1. The zero-order chi connectivity index (χ0) is 21.0. The first kappa shape index (κ1) is 21.0. The topological polar surface area (TPSA) is 71.1 Å². The van der Waals surface area contributed by atoms with Crippen LogP contribution in [0.1, 0.15) is 5.56 Å². The molecule has 1 amide bonds. The Balaban J connectivity index is 1.55. The number of nitrogens with zero attached hydrogens (tertiary/aromatic N) is 3. The molecule has 0 aromatic heterocycles. The molecule has 29 heavy (non-hydrogen) atoms. The quantitative estimate of drug-likeness (QED) is 0.570. The van der Waals surface area contributed by atoms with E-state index >= 15 is 0 Å². The molecular formula is C20H23ClFN4O3+. The van der Waals surface area contributed by atoms with Crippen molar-refractivity contribution in [3.8, 4) is 0 Å². The zero-order valence-electron chi connectivity index (χ0n) is 16.1. The molecule has 1 aliphatic heterocycles. The van der Waals surface area contributed by atoms with Crippen molar-refractivity contribution in [3.05, 3.63) is 69.0 Å². The number of hydrogen-bond acceptors (Lipinski definition) is 4. The minimum atomic E-state index is -0.441. The number of nitrogens with one attached hydrogen (secondary N) is 1. The fraction of sp³-hybridized carbons (Fsp3) is 0.350. The van der Waals surface area contributed by atoms with E-state index in [4.69, 9.17) is 11.6 Å². The number of quaternary nitrogens is 1. The third-order valence-electron chi connectivity index (χ3n) is 4.96. The Hall–Kier alpha value is -2.71. The lowest BCUT2D eigenvalue weighted by molar-refractivity contribution is -0.885. The van der Waals surface area contributed by atoms with Crippen LogP contribution in [0.2, 0.25) is 5.02 Å². The van der Waals surface area contributed by atoms with Crippen LogP contribution in [0.4, 0.5) is 15.8 Å². The van der Waals surface area contributed by atoms with Crippen LogP contribution in [-0.4, -0.2) is 55.5 Å². The van der Waals surface area contributed by atoms with Gasteiger partial charge in [0.25, 0.3) is 11.6 Å². The van der Waals surface area contributed by atoms with Gasteiger partial charge in [0.2, 0.25) is 0 Å². The molecule has 0 bridgehead atoms. The van der Waals surface area contributed by atoms with Gasteiger partial charge < -0.3 is 14.7 Å². The summed E-state index contributed by atoms with van der Waals surface area (Å²) in [6.45, 7) is 2.87. The largest absolute Gasteiger partial charge is 0.362 e. The second-order valence-electron chi connectivity index (χ2n) is 7.20. The van der Waals surface area contributed by atoms with Gasteiger partial charge >= 0.3 is 0 Å². The number of carbonyl (C=O) groups excluding carboxylic acids is 1. The van der Waals surface area contributed by atoms with Crippen molar-refractivity contribution in [2.45, 2.75) is 6.54 Å². The Bertz CT molecular complexity index is 903. The molecule has 1 fully saturated rings. The van der Waals surface area contributed by atoms with Crippen LogP contribution >= 0.6 is 11.6 Å². The van der Waals surface area contributed by atoms with E-state index in [9.17, 15) is 19.3 Å². The van der Waals surface area contributed by atoms with Crippen LogP contribution in [0.3, 0.4) is 0 Å². The van der Waals surface area contributed by atoms with E-state index in [1.54, 1.807) is 23.1 Å². The Morgan fingerprint density at radius 1 is 1.21 bits per heavy atom. The summed E-state index contributed by atoms with van der Waals surface area (Å²) in [7, 11) is 1.90. The van der Waals surface area contributed by atoms with E-state index in [1.165, 1.54) is 18.2 Å². The van der Waals surface area contributed by atoms with E-state index < -0.39 is 4.92 Å². The zero-order valence-corrected chi connectivity index (χ0v) is 16.9. The molecule has 9 heteroatoms. The lowest BCUT2D eigenvalue weighted by Gasteiger charge is -2.36. The Labute approximate surface area is 173 Å². The maximum absolute atomic E-state index is 13.3. The number of carbonyl (C=O) groups is 1.